The van der Waals surface area contributed by atoms with E-state index in [0.717, 1.165) is 128 Å². The molecule has 1 atom stereocenters. The maximum Gasteiger partial charge on any atom is 0.306 e. The molecule has 0 bridgehead atoms. The molecule has 0 heterocycles. The molecule has 458 valence electrons. The molecule has 6 nitrogen and oxygen atoms in total. The second kappa shape index (κ2) is 67.8. The lowest BCUT2D eigenvalue weighted by atomic mass is 10.1. The molecule has 0 aliphatic heterocycles. The number of hydrogen-bond acceptors (Lipinski definition) is 6. The summed E-state index contributed by atoms with van der Waals surface area (Å²) in [6.07, 6.45) is 97.1. The fourth-order valence-electron chi connectivity index (χ4n) is 8.82. The number of carbonyl (C=O) groups excluding carboxylic acids is 3. The molecule has 0 saturated heterocycles. The summed E-state index contributed by atoms with van der Waals surface area (Å²) in [7, 11) is 0. The van der Waals surface area contributed by atoms with E-state index in [1.807, 2.05) is 0 Å². The molecule has 0 N–H and O–H groups in total. The Morgan fingerprint density at radius 3 is 0.827 bits per heavy atom. The molecule has 0 amide bonds. The van der Waals surface area contributed by atoms with Gasteiger partial charge in [0.1, 0.15) is 13.2 Å². The summed E-state index contributed by atoms with van der Waals surface area (Å²) in [6, 6.07) is 0. The van der Waals surface area contributed by atoms with Crippen molar-refractivity contribution >= 4 is 17.9 Å². The van der Waals surface area contributed by atoms with Gasteiger partial charge in [-0.25, -0.2) is 0 Å². The van der Waals surface area contributed by atoms with Crippen molar-refractivity contribution in [3.05, 3.63) is 146 Å². The molecule has 0 fully saturated rings. The zero-order valence-corrected chi connectivity index (χ0v) is 52.5. The normalized spacial score (nSPS) is 13.1. The van der Waals surface area contributed by atoms with Crippen molar-refractivity contribution in [2.24, 2.45) is 0 Å². The van der Waals surface area contributed by atoms with Gasteiger partial charge in [-0.05, 0) is 141 Å². The first kappa shape index (κ1) is 76.3. The SMILES string of the molecule is CC/C=C\C/C=C\C/C=C\C/C=C\C/C=C\C/C=C\C/C=C\C/C=C\C/C=C\CCCC(=O)OCC(COC(=O)CCCCCCC/C=C\C/C=C\CCCCCC)OC(=O)CCCCCCCCC/C=C\CCCCCCCCC. The number of esters is 3. The topological polar surface area (TPSA) is 78.9 Å². The van der Waals surface area contributed by atoms with Crippen LogP contribution in [0.25, 0.3) is 0 Å². The summed E-state index contributed by atoms with van der Waals surface area (Å²) in [6.45, 7) is 6.45. The molecule has 0 aliphatic carbocycles. The van der Waals surface area contributed by atoms with Crippen LogP contribution in [0, 0.1) is 0 Å². The molecule has 0 rings (SSSR count). The van der Waals surface area contributed by atoms with E-state index in [1.54, 1.807) is 0 Å². The van der Waals surface area contributed by atoms with Crippen LogP contribution in [0.4, 0.5) is 0 Å². The number of unbranched alkanes of at least 4 members (excludes halogenated alkanes) is 24. The number of ether oxygens (including phenoxy) is 3. The highest BCUT2D eigenvalue weighted by Gasteiger charge is 2.19. The van der Waals surface area contributed by atoms with E-state index in [-0.39, 0.29) is 37.5 Å². The van der Waals surface area contributed by atoms with E-state index >= 15 is 0 Å². The minimum absolute atomic E-state index is 0.109. The molecule has 0 aromatic heterocycles. The molecule has 0 aromatic carbocycles. The Kier molecular flexibility index (Phi) is 63.9. The van der Waals surface area contributed by atoms with E-state index in [9.17, 15) is 14.4 Å². The highest BCUT2D eigenvalue weighted by atomic mass is 16.6. The monoisotopic (exact) mass is 1120 g/mol. The summed E-state index contributed by atoms with van der Waals surface area (Å²) in [5.41, 5.74) is 0. The van der Waals surface area contributed by atoms with Crippen molar-refractivity contribution in [1.82, 2.24) is 0 Å². The number of hydrogen-bond donors (Lipinski definition) is 0. The summed E-state index contributed by atoms with van der Waals surface area (Å²) < 4.78 is 16.9. The van der Waals surface area contributed by atoms with Crippen LogP contribution in [-0.4, -0.2) is 37.2 Å². The Bertz CT molecular complexity index is 1760. The lowest BCUT2D eigenvalue weighted by molar-refractivity contribution is -0.167. The molecule has 1 unspecified atom stereocenters. The van der Waals surface area contributed by atoms with Crippen LogP contribution in [0.15, 0.2) is 146 Å². The van der Waals surface area contributed by atoms with Crippen molar-refractivity contribution in [2.75, 3.05) is 13.2 Å². The number of rotatable bonds is 59. The Morgan fingerprint density at radius 2 is 0.494 bits per heavy atom. The summed E-state index contributed by atoms with van der Waals surface area (Å²) >= 11 is 0. The van der Waals surface area contributed by atoms with Gasteiger partial charge in [-0.15, -0.1) is 0 Å². The fraction of sp³-hybridized carbons (Fsp3) is 0.640. The van der Waals surface area contributed by atoms with E-state index in [4.69, 9.17) is 14.2 Å². The van der Waals surface area contributed by atoms with Crippen molar-refractivity contribution in [2.45, 2.75) is 297 Å². The fourth-order valence-corrected chi connectivity index (χ4v) is 8.82. The van der Waals surface area contributed by atoms with Gasteiger partial charge in [-0.2, -0.15) is 0 Å². The first-order chi connectivity index (χ1) is 40.0. The van der Waals surface area contributed by atoms with Gasteiger partial charge in [0.05, 0.1) is 0 Å². The summed E-state index contributed by atoms with van der Waals surface area (Å²) in [5.74, 6) is -0.986. The third-order valence-corrected chi connectivity index (χ3v) is 13.8. The van der Waals surface area contributed by atoms with E-state index < -0.39 is 6.10 Å². The molecule has 0 saturated carbocycles. The number of carbonyl (C=O) groups is 3. The Labute approximate surface area is 499 Å². The zero-order chi connectivity index (χ0) is 58.5. The molecule has 0 radical (unpaired) electrons. The predicted molar refractivity (Wildman–Crippen MR) is 352 cm³/mol. The second-order valence-corrected chi connectivity index (χ2v) is 21.6. The molecule has 0 aromatic rings. The highest BCUT2D eigenvalue weighted by Crippen LogP contribution is 2.14. The van der Waals surface area contributed by atoms with Gasteiger partial charge in [-0.1, -0.05) is 276 Å². The molecular formula is C75H122O6. The first-order valence-corrected chi connectivity index (χ1v) is 33.3. The molecule has 0 aliphatic rings. The van der Waals surface area contributed by atoms with Gasteiger partial charge in [0, 0.05) is 19.3 Å². The van der Waals surface area contributed by atoms with Gasteiger partial charge in [0.15, 0.2) is 6.10 Å². The van der Waals surface area contributed by atoms with Crippen molar-refractivity contribution in [3.8, 4) is 0 Å². The van der Waals surface area contributed by atoms with Crippen molar-refractivity contribution in [3.63, 3.8) is 0 Å². The van der Waals surface area contributed by atoms with E-state index in [1.165, 1.54) is 116 Å². The smallest absolute Gasteiger partial charge is 0.306 e. The van der Waals surface area contributed by atoms with Crippen LogP contribution in [-0.2, 0) is 28.6 Å². The molecule has 6 heteroatoms. The highest BCUT2D eigenvalue weighted by molar-refractivity contribution is 5.71. The summed E-state index contributed by atoms with van der Waals surface area (Å²) in [4.78, 5) is 38.3. The lowest BCUT2D eigenvalue weighted by Gasteiger charge is -2.18. The zero-order valence-electron chi connectivity index (χ0n) is 52.5. The Balaban J connectivity index is 4.49. The Hall–Kier alpha value is -4.71. The quantitative estimate of drug-likeness (QED) is 0.0261. The van der Waals surface area contributed by atoms with Crippen LogP contribution in [0.1, 0.15) is 290 Å². The molecule has 81 heavy (non-hydrogen) atoms. The van der Waals surface area contributed by atoms with Crippen LogP contribution < -0.4 is 0 Å². The van der Waals surface area contributed by atoms with Gasteiger partial charge in [0.2, 0.25) is 0 Å². The molecule has 0 spiro atoms. The molecular weight excluding hydrogens is 997 g/mol. The maximum atomic E-state index is 12.9. The predicted octanol–water partition coefficient (Wildman–Crippen LogP) is 23.1. The van der Waals surface area contributed by atoms with Crippen LogP contribution in [0.3, 0.4) is 0 Å². The second-order valence-electron chi connectivity index (χ2n) is 21.6. The third-order valence-electron chi connectivity index (χ3n) is 13.8. The Morgan fingerprint density at radius 1 is 0.259 bits per heavy atom. The standard InChI is InChI=1S/C75H122O6/c1-4-7-10-13-16-19-22-25-28-31-33-34-35-36-37-38-39-40-41-42-43-45-47-50-53-56-59-62-65-68-74(77)80-71-72(70-79-73(76)67-64-61-58-55-52-49-46-30-27-24-21-18-15-12-9-6-3)81-75(78)69-66-63-60-57-54-51-48-44-32-29-26-23-20-17-14-11-8-5-2/h7,10,16,19,21,24-25,28-30,32-34,36-37,39-40,42-43,46-47,50,56,59,72H,4-6,8-9,11-15,17-18,20,22-23,26-27,31,35,38,41,44-45,48-49,51-55,57-58,60-71H2,1-3H3/b10-7-,19-16-,24-21-,28-25-,32-29-,34-33-,37-36-,40-39-,43-42-,46-30-,50-47-,59-56-. The van der Waals surface area contributed by atoms with Crippen LogP contribution in [0.5, 0.6) is 0 Å². The summed E-state index contributed by atoms with van der Waals surface area (Å²) in [5, 5.41) is 0. The minimum atomic E-state index is -0.817. The average molecular weight is 1120 g/mol. The van der Waals surface area contributed by atoms with E-state index in [2.05, 4.69) is 167 Å². The number of allylic oxidation sites excluding steroid dienone is 24. The largest absolute Gasteiger partial charge is 0.462 e. The van der Waals surface area contributed by atoms with Gasteiger partial charge >= 0.3 is 17.9 Å². The van der Waals surface area contributed by atoms with Crippen molar-refractivity contribution in [1.29, 1.82) is 0 Å². The maximum absolute atomic E-state index is 12.9. The van der Waals surface area contributed by atoms with Crippen molar-refractivity contribution < 1.29 is 28.6 Å². The van der Waals surface area contributed by atoms with Gasteiger partial charge in [-0.3, -0.25) is 14.4 Å². The third kappa shape index (κ3) is 66.0. The van der Waals surface area contributed by atoms with Crippen LogP contribution >= 0.6 is 0 Å². The average Bonchev–Trinajstić information content (AvgIpc) is 3.47. The van der Waals surface area contributed by atoms with Gasteiger partial charge < -0.3 is 14.2 Å². The van der Waals surface area contributed by atoms with E-state index in [0.29, 0.717) is 19.3 Å². The van der Waals surface area contributed by atoms with Gasteiger partial charge in [0.25, 0.3) is 0 Å². The van der Waals surface area contributed by atoms with Crippen LogP contribution in [0.2, 0.25) is 0 Å². The lowest BCUT2D eigenvalue weighted by Crippen LogP contribution is -2.30. The minimum Gasteiger partial charge on any atom is -0.462 e. The first-order valence-electron chi connectivity index (χ1n) is 33.3.